The van der Waals surface area contributed by atoms with Gasteiger partial charge in [0, 0.05) is 7.11 Å². The molecule has 0 radical (unpaired) electrons. The molecule has 0 atom stereocenters. The third kappa shape index (κ3) is 2.18. The lowest BCUT2D eigenvalue weighted by Gasteiger charge is -2.09. The Hall–Kier alpha value is -0.0800. The molecule has 0 unspecified atom stereocenters. The predicted molar refractivity (Wildman–Crippen MR) is 25.6 cm³/mol. The summed E-state index contributed by atoms with van der Waals surface area (Å²) in [7, 11) is 1.00. The maximum absolute atomic E-state index is 7.00. The van der Waals surface area contributed by atoms with Crippen LogP contribution in [0.1, 0.15) is 6.42 Å². The van der Waals surface area contributed by atoms with E-state index in [0.717, 1.165) is 7.11 Å². The third-order valence-electron chi connectivity index (χ3n) is 0.707. The first kappa shape index (κ1) is 5.92. The zero-order valence-electron chi connectivity index (χ0n) is 4.07. The molecule has 0 saturated carbocycles. The van der Waals surface area contributed by atoms with Gasteiger partial charge in [-0.15, -0.1) is 0 Å². The molecule has 2 heteroatoms. The second kappa shape index (κ2) is 4.92. The highest BCUT2D eigenvalue weighted by Gasteiger charge is 1.92. The van der Waals surface area contributed by atoms with E-state index >= 15 is 0 Å². The fourth-order valence-corrected chi connectivity index (χ4v) is 0.177. The maximum Gasteiger partial charge on any atom is 0.0319 e. The third-order valence-corrected chi connectivity index (χ3v) is 0.707. The minimum absolute atomic E-state index is 1.00. The lowest BCUT2D eigenvalue weighted by molar-refractivity contribution is 0.399. The highest BCUT2D eigenvalue weighted by Crippen LogP contribution is 1.80. The van der Waals surface area contributed by atoms with Crippen molar-refractivity contribution in [2.45, 2.75) is 6.42 Å². The molecule has 0 aromatic heterocycles. The molecule has 1 fully saturated rings. The summed E-state index contributed by atoms with van der Waals surface area (Å²) in [6.45, 7) is 2.50. The second-order valence-corrected chi connectivity index (χ2v) is 1.10. The normalized spacial score (nSPS) is 17.0. The molecule has 1 aliphatic rings. The van der Waals surface area contributed by atoms with E-state index in [9.17, 15) is 0 Å². The zero-order chi connectivity index (χ0) is 4.83. The van der Waals surface area contributed by atoms with Crippen molar-refractivity contribution < 1.29 is 5.11 Å². The van der Waals surface area contributed by atoms with Gasteiger partial charge >= 0.3 is 0 Å². The lowest BCUT2D eigenvalue weighted by atomic mass is 10.3. The average molecular weight is 89.1 g/mol. The van der Waals surface area contributed by atoms with Crippen LogP contribution in [0.4, 0.5) is 0 Å². The van der Waals surface area contributed by atoms with Crippen molar-refractivity contribution >= 4 is 0 Å². The molecule has 0 amide bonds. The molecule has 1 aliphatic heterocycles. The summed E-state index contributed by atoms with van der Waals surface area (Å²) >= 11 is 0. The van der Waals surface area contributed by atoms with Gasteiger partial charge in [-0.3, -0.25) is 0 Å². The first-order valence-electron chi connectivity index (χ1n) is 2.15. The van der Waals surface area contributed by atoms with Gasteiger partial charge in [0.15, 0.2) is 0 Å². The monoisotopic (exact) mass is 89.1 g/mol. The van der Waals surface area contributed by atoms with Crippen LogP contribution >= 0.6 is 0 Å². The Balaban J connectivity index is 0.000000112. The number of aliphatic hydroxyl groups excluding tert-OH is 1. The van der Waals surface area contributed by atoms with Crippen LogP contribution in [0.3, 0.4) is 0 Å². The molecule has 6 heavy (non-hydrogen) atoms. The minimum atomic E-state index is 1.00. The van der Waals surface area contributed by atoms with Crippen LogP contribution < -0.4 is 5.32 Å². The van der Waals surface area contributed by atoms with Crippen molar-refractivity contribution in [2.24, 2.45) is 0 Å². The Morgan fingerprint density at radius 2 is 1.50 bits per heavy atom. The van der Waals surface area contributed by atoms with E-state index in [-0.39, 0.29) is 0 Å². The van der Waals surface area contributed by atoms with Gasteiger partial charge in [0.05, 0.1) is 0 Å². The van der Waals surface area contributed by atoms with E-state index in [1.165, 1.54) is 19.5 Å². The molecular weight excluding hydrogens is 78.0 g/mol. The van der Waals surface area contributed by atoms with Crippen molar-refractivity contribution in [3.05, 3.63) is 0 Å². The van der Waals surface area contributed by atoms with Crippen LogP contribution in [0.5, 0.6) is 0 Å². The molecule has 0 aromatic rings. The first-order chi connectivity index (χ1) is 3.00. The summed E-state index contributed by atoms with van der Waals surface area (Å²) in [5.74, 6) is 0. The molecule has 1 heterocycles. The SMILES string of the molecule is C1CNC1.CO. The van der Waals surface area contributed by atoms with Gasteiger partial charge in [-0.05, 0) is 19.5 Å². The predicted octanol–water partition coefficient (Wildman–Crippen LogP) is -0.412. The largest absolute Gasteiger partial charge is 0.400 e. The van der Waals surface area contributed by atoms with Crippen molar-refractivity contribution in [3.8, 4) is 0 Å². The topological polar surface area (TPSA) is 32.3 Å². The van der Waals surface area contributed by atoms with E-state index in [2.05, 4.69) is 5.32 Å². The standard InChI is InChI=1S/C3H7N.CH4O/c1-2-4-3-1;1-2/h4H,1-3H2;2H,1H3. The van der Waals surface area contributed by atoms with Crippen LogP contribution in [0, 0.1) is 0 Å². The molecule has 0 bridgehead atoms. The second-order valence-electron chi connectivity index (χ2n) is 1.10. The summed E-state index contributed by atoms with van der Waals surface area (Å²) < 4.78 is 0. The van der Waals surface area contributed by atoms with Gasteiger partial charge in [0.1, 0.15) is 0 Å². The molecule has 0 aliphatic carbocycles. The van der Waals surface area contributed by atoms with Crippen LogP contribution in [0.25, 0.3) is 0 Å². The molecule has 0 spiro atoms. The first-order valence-corrected chi connectivity index (χ1v) is 2.15. The summed E-state index contributed by atoms with van der Waals surface area (Å²) in [6, 6.07) is 0. The maximum atomic E-state index is 7.00. The average Bonchev–Trinajstić information content (AvgIpc) is 1.36. The van der Waals surface area contributed by atoms with Gasteiger partial charge in [0.2, 0.25) is 0 Å². The van der Waals surface area contributed by atoms with Crippen molar-refractivity contribution in [1.29, 1.82) is 0 Å². The van der Waals surface area contributed by atoms with Gasteiger partial charge in [-0.25, -0.2) is 0 Å². The van der Waals surface area contributed by atoms with Crippen LogP contribution in [0.15, 0.2) is 0 Å². The quantitative estimate of drug-likeness (QED) is 0.423. The minimum Gasteiger partial charge on any atom is -0.400 e. The van der Waals surface area contributed by atoms with Crippen LogP contribution in [-0.2, 0) is 0 Å². The van der Waals surface area contributed by atoms with E-state index in [4.69, 9.17) is 5.11 Å². The number of hydrogen-bond donors (Lipinski definition) is 2. The van der Waals surface area contributed by atoms with Crippen LogP contribution in [0.2, 0.25) is 0 Å². The highest BCUT2D eigenvalue weighted by atomic mass is 16.2. The van der Waals surface area contributed by atoms with Crippen molar-refractivity contribution in [1.82, 2.24) is 5.32 Å². The molecule has 2 N–H and O–H groups in total. The smallest absolute Gasteiger partial charge is 0.0319 e. The molecule has 2 nitrogen and oxygen atoms in total. The van der Waals surface area contributed by atoms with Gasteiger partial charge in [0.25, 0.3) is 0 Å². The summed E-state index contributed by atoms with van der Waals surface area (Å²) in [5.41, 5.74) is 0. The summed E-state index contributed by atoms with van der Waals surface area (Å²) in [4.78, 5) is 0. The number of hydrogen-bond acceptors (Lipinski definition) is 2. The Kier molecular flexibility index (Phi) is 4.85. The summed E-state index contributed by atoms with van der Waals surface area (Å²) in [6.07, 6.45) is 1.39. The van der Waals surface area contributed by atoms with E-state index in [1.54, 1.807) is 0 Å². The number of aliphatic hydroxyl groups is 1. The molecule has 1 rings (SSSR count). The van der Waals surface area contributed by atoms with E-state index in [1.807, 2.05) is 0 Å². The Morgan fingerprint density at radius 3 is 1.50 bits per heavy atom. The fourth-order valence-electron chi connectivity index (χ4n) is 0.177. The van der Waals surface area contributed by atoms with Gasteiger partial charge < -0.3 is 10.4 Å². The van der Waals surface area contributed by atoms with Crippen molar-refractivity contribution in [2.75, 3.05) is 20.2 Å². The highest BCUT2D eigenvalue weighted by molar-refractivity contribution is 4.56. The Bertz CT molecular complexity index is 15.5. The Labute approximate surface area is 38.2 Å². The van der Waals surface area contributed by atoms with Crippen LogP contribution in [-0.4, -0.2) is 25.3 Å². The van der Waals surface area contributed by atoms with E-state index < -0.39 is 0 Å². The number of nitrogens with one attached hydrogen (secondary N) is 1. The molecule has 0 aromatic carbocycles. The Morgan fingerprint density at radius 1 is 1.33 bits per heavy atom. The van der Waals surface area contributed by atoms with Gasteiger partial charge in [-0.1, -0.05) is 0 Å². The lowest BCUT2D eigenvalue weighted by Crippen LogP contribution is -2.29. The van der Waals surface area contributed by atoms with Crippen molar-refractivity contribution in [3.63, 3.8) is 0 Å². The van der Waals surface area contributed by atoms with E-state index in [0.29, 0.717) is 0 Å². The fraction of sp³-hybridized carbons (Fsp3) is 1.00. The zero-order valence-corrected chi connectivity index (χ0v) is 4.07. The molecule has 1 saturated heterocycles. The molecule has 38 valence electrons. The number of rotatable bonds is 0. The van der Waals surface area contributed by atoms with Gasteiger partial charge in [-0.2, -0.15) is 0 Å². The molecular formula is C4H11NO. The summed E-state index contributed by atoms with van der Waals surface area (Å²) in [5, 5.41) is 10.1.